The topological polar surface area (TPSA) is 30.5 Å². The van der Waals surface area contributed by atoms with E-state index >= 15 is 0 Å². The lowest BCUT2D eigenvalue weighted by Gasteiger charge is -2.17. The van der Waals surface area contributed by atoms with Crippen LogP contribution in [-0.2, 0) is 11.2 Å². The summed E-state index contributed by atoms with van der Waals surface area (Å²) >= 11 is 0. The molecule has 1 aliphatic heterocycles. The van der Waals surface area contributed by atoms with Gasteiger partial charge in [0.1, 0.15) is 5.75 Å². The maximum absolute atomic E-state index is 5.60. The van der Waals surface area contributed by atoms with Crippen molar-refractivity contribution in [1.82, 2.24) is 5.32 Å². The quantitative estimate of drug-likeness (QED) is 0.839. The summed E-state index contributed by atoms with van der Waals surface area (Å²) in [6.45, 7) is 4.12. The third-order valence-electron chi connectivity index (χ3n) is 3.42. The number of benzene rings is 1. The second-order valence-electron chi connectivity index (χ2n) is 5.00. The minimum absolute atomic E-state index is 0.420. The van der Waals surface area contributed by atoms with Crippen LogP contribution >= 0.6 is 0 Å². The van der Waals surface area contributed by atoms with Crippen molar-refractivity contribution in [2.75, 3.05) is 20.3 Å². The Morgan fingerprint density at radius 3 is 2.78 bits per heavy atom. The maximum atomic E-state index is 5.60. The molecule has 0 aromatic heterocycles. The molecule has 2 rings (SSSR count). The molecule has 0 bridgehead atoms. The van der Waals surface area contributed by atoms with Crippen molar-refractivity contribution in [1.29, 1.82) is 0 Å². The van der Waals surface area contributed by atoms with E-state index in [9.17, 15) is 0 Å². The van der Waals surface area contributed by atoms with Crippen LogP contribution in [0, 0.1) is 0 Å². The van der Waals surface area contributed by atoms with Gasteiger partial charge in [0.2, 0.25) is 0 Å². The predicted molar refractivity (Wildman–Crippen MR) is 73.1 cm³/mol. The monoisotopic (exact) mass is 249 g/mol. The van der Waals surface area contributed by atoms with Gasteiger partial charge in [0.15, 0.2) is 0 Å². The molecule has 1 aromatic carbocycles. The van der Waals surface area contributed by atoms with Gasteiger partial charge >= 0.3 is 0 Å². The first-order valence-corrected chi connectivity index (χ1v) is 6.76. The van der Waals surface area contributed by atoms with E-state index in [0.717, 1.165) is 25.3 Å². The highest BCUT2D eigenvalue weighted by Gasteiger charge is 2.15. The number of hydrogen-bond acceptors (Lipinski definition) is 3. The zero-order valence-corrected chi connectivity index (χ0v) is 11.3. The zero-order valence-electron chi connectivity index (χ0n) is 11.3. The Kier molecular flexibility index (Phi) is 5.02. The summed E-state index contributed by atoms with van der Waals surface area (Å²) in [5.41, 5.74) is 1.34. The van der Waals surface area contributed by atoms with Crippen molar-refractivity contribution in [3.05, 3.63) is 29.8 Å². The van der Waals surface area contributed by atoms with E-state index in [4.69, 9.17) is 9.47 Å². The van der Waals surface area contributed by atoms with Crippen LogP contribution in [0.4, 0.5) is 0 Å². The molecular formula is C15H23NO2. The Morgan fingerprint density at radius 2 is 2.17 bits per heavy atom. The molecule has 0 spiro atoms. The van der Waals surface area contributed by atoms with Gasteiger partial charge in [-0.15, -0.1) is 0 Å². The smallest absolute Gasteiger partial charge is 0.118 e. The van der Waals surface area contributed by atoms with Crippen molar-refractivity contribution >= 4 is 0 Å². The largest absolute Gasteiger partial charge is 0.497 e. The number of methoxy groups -OCH3 is 1. The van der Waals surface area contributed by atoms with Crippen LogP contribution in [0.25, 0.3) is 0 Å². The number of ether oxygens (including phenoxy) is 2. The first-order valence-electron chi connectivity index (χ1n) is 6.76. The standard InChI is InChI=1S/C15H23NO2/c1-12(16-11-15-4-3-9-18-15)10-13-5-7-14(17-2)8-6-13/h5-8,12,15-16H,3-4,9-11H2,1-2H3/t12-,15+/m1/s1. The second-order valence-corrected chi connectivity index (χ2v) is 5.00. The van der Waals surface area contributed by atoms with Gasteiger partial charge in [0, 0.05) is 19.2 Å². The Labute approximate surface area is 109 Å². The molecule has 0 unspecified atom stereocenters. The molecule has 1 heterocycles. The fourth-order valence-electron chi connectivity index (χ4n) is 2.33. The minimum atomic E-state index is 0.420. The van der Waals surface area contributed by atoms with E-state index in [1.54, 1.807) is 7.11 Å². The molecule has 0 radical (unpaired) electrons. The summed E-state index contributed by atoms with van der Waals surface area (Å²) in [7, 11) is 1.70. The van der Waals surface area contributed by atoms with Crippen molar-refractivity contribution in [2.45, 2.75) is 38.3 Å². The average molecular weight is 249 g/mol. The Hall–Kier alpha value is -1.06. The summed E-state index contributed by atoms with van der Waals surface area (Å²) in [5.74, 6) is 0.915. The zero-order chi connectivity index (χ0) is 12.8. The summed E-state index contributed by atoms with van der Waals surface area (Å²) < 4.78 is 10.8. The normalized spacial score (nSPS) is 20.9. The fourth-order valence-corrected chi connectivity index (χ4v) is 2.33. The predicted octanol–water partition coefficient (Wildman–Crippen LogP) is 2.39. The average Bonchev–Trinajstić information content (AvgIpc) is 2.90. The molecule has 2 atom stereocenters. The molecule has 3 heteroatoms. The lowest BCUT2D eigenvalue weighted by Crippen LogP contribution is -2.34. The molecule has 0 saturated carbocycles. The van der Waals surface area contributed by atoms with Crippen LogP contribution in [0.1, 0.15) is 25.3 Å². The molecule has 0 aliphatic carbocycles. The Bertz CT molecular complexity index is 344. The first-order chi connectivity index (χ1) is 8.78. The molecule has 0 amide bonds. The van der Waals surface area contributed by atoms with Crippen molar-refractivity contribution in [3.63, 3.8) is 0 Å². The Morgan fingerprint density at radius 1 is 1.39 bits per heavy atom. The van der Waals surface area contributed by atoms with Gasteiger partial charge in [-0.25, -0.2) is 0 Å². The van der Waals surface area contributed by atoms with Gasteiger partial charge < -0.3 is 14.8 Å². The second kappa shape index (κ2) is 6.76. The van der Waals surface area contributed by atoms with Crippen LogP contribution in [0.15, 0.2) is 24.3 Å². The molecule has 1 aromatic rings. The third-order valence-corrected chi connectivity index (χ3v) is 3.42. The summed E-state index contributed by atoms with van der Waals surface area (Å²) in [6.07, 6.45) is 3.86. The van der Waals surface area contributed by atoms with Crippen molar-refractivity contribution < 1.29 is 9.47 Å². The molecule has 1 fully saturated rings. The van der Waals surface area contributed by atoms with Gasteiger partial charge in [-0.05, 0) is 43.9 Å². The molecule has 100 valence electrons. The molecule has 18 heavy (non-hydrogen) atoms. The van der Waals surface area contributed by atoms with Gasteiger partial charge in [-0.3, -0.25) is 0 Å². The minimum Gasteiger partial charge on any atom is -0.497 e. The molecule has 1 aliphatic rings. The SMILES string of the molecule is COc1ccc(C[C@@H](C)NC[C@@H]2CCCO2)cc1. The van der Waals surface area contributed by atoms with Crippen LogP contribution in [0.2, 0.25) is 0 Å². The van der Waals surface area contributed by atoms with Crippen LogP contribution in [0.3, 0.4) is 0 Å². The van der Waals surface area contributed by atoms with E-state index in [0.29, 0.717) is 12.1 Å². The van der Waals surface area contributed by atoms with Crippen LogP contribution in [-0.4, -0.2) is 32.4 Å². The van der Waals surface area contributed by atoms with E-state index in [1.165, 1.54) is 18.4 Å². The number of nitrogens with one attached hydrogen (secondary N) is 1. The summed E-state index contributed by atoms with van der Waals surface area (Å²) in [6, 6.07) is 8.76. The van der Waals surface area contributed by atoms with Gasteiger partial charge in [0.25, 0.3) is 0 Å². The molecule has 1 saturated heterocycles. The molecular weight excluding hydrogens is 226 g/mol. The third kappa shape index (κ3) is 4.00. The highest BCUT2D eigenvalue weighted by atomic mass is 16.5. The maximum Gasteiger partial charge on any atom is 0.118 e. The molecule has 3 nitrogen and oxygen atoms in total. The first kappa shape index (κ1) is 13.4. The number of hydrogen-bond donors (Lipinski definition) is 1. The summed E-state index contributed by atoms with van der Waals surface area (Å²) in [5, 5.41) is 3.55. The van der Waals surface area contributed by atoms with Crippen LogP contribution < -0.4 is 10.1 Å². The summed E-state index contributed by atoms with van der Waals surface area (Å²) in [4.78, 5) is 0. The highest BCUT2D eigenvalue weighted by Crippen LogP contribution is 2.13. The van der Waals surface area contributed by atoms with Crippen LogP contribution in [0.5, 0.6) is 5.75 Å². The molecule has 1 N–H and O–H groups in total. The number of rotatable bonds is 6. The lowest BCUT2D eigenvalue weighted by atomic mass is 10.1. The highest BCUT2D eigenvalue weighted by molar-refractivity contribution is 5.27. The van der Waals surface area contributed by atoms with Gasteiger partial charge in [0.05, 0.1) is 13.2 Å². The van der Waals surface area contributed by atoms with E-state index in [1.807, 2.05) is 12.1 Å². The van der Waals surface area contributed by atoms with E-state index < -0.39 is 0 Å². The van der Waals surface area contributed by atoms with Crippen molar-refractivity contribution in [3.8, 4) is 5.75 Å². The van der Waals surface area contributed by atoms with Crippen molar-refractivity contribution in [2.24, 2.45) is 0 Å². The van der Waals surface area contributed by atoms with E-state index in [2.05, 4.69) is 24.4 Å². The lowest BCUT2D eigenvalue weighted by molar-refractivity contribution is 0.108. The van der Waals surface area contributed by atoms with Gasteiger partial charge in [-0.1, -0.05) is 12.1 Å². The fraction of sp³-hybridized carbons (Fsp3) is 0.600. The van der Waals surface area contributed by atoms with Gasteiger partial charge in [-0.2, -0.15) is 0 Å². The van der Waals surface area contributed by atoms with E-state index in [-0.39, 0.29) is 0 Å². The Balaban J connectivity index is 1.73.